The van der Waals surface area contributed by atoms with Crippen molar-refractivity contribution < 1.29 is 29.0 Å². The molecule has 2 heterocycles. The minimum atomic E-state index is -0.933. The van der Waals surface area contributed by atoms with E-state index in [1.165, 1.54) is 0 Å². The molecular formula is C27H30N2O6. The number of alkyl carbamates (subject to hydrolysis) is 1. The van der Waals surface area contributed by atoms with E-state index in [1.807, 2.05) is 24.3 Å². The maximum absolute atomic E-state index is 12.9. The maximum atomic E-state index is 12.9. The fourth-order valence-corrected chi connectivity index (χ4v) is 5.77. The van der Waals surface area contributed by atoms with Gasteiger partial charge in [0.15, 0.2) is 0 Å². The van der Waals surface area contributed by atoms with Crippen LogP contribution in [0, 0.1) is 11.3 Å². The van der Waals surface area contributed by atoms with Gasteiger partial charge in [0.2, 0.25) is 5.91 Å². The Bertz CT molecular complexity index is 1100. The fourth-order valence-electron chi connectivity index (χ4n) is 5.77. The van der Waals surface area contributed by atoms with Gasteiger partial charge in [-0.2, -0.15) is 0 Å². The van der Waals surface area contributed by atoms with Crippen molar-refractivity contribution in [3.8, 4) is 11.1 Å². The molecule has 2 fully saturated rings. The van der Waals surface area contributed by atoms with E-state index < -0.39 is 23.5 Å². The van der Waals surface area contributed by atoms with Crippen molar-refractivity contribution in [1.29, 1.82) is 0 Å². The van der Waals surface area contributed by atoms with Gasteiger partial charge in [-0.25, -0.2) is 4.79 Å². The third-order valence-corrected chi connectivity index (χ3v) is 7.67. The van der Waals surface area contributed by atoms with Crippen LogP contribution >= 0.6 is 0 Å². The summed E-state index contributed by atoms with van der Waals surface area (Å²) in [5.74, 6) is -1.28. The molecular weight excluding hydrogens is 448 g/mol. The van der Waals surface area contributed by atoms with E-state index in [1.54, 1.807) is 11.8 Å². The Morgan fingerprint density at radius 1 is 1.14 bits per heavy atom. The monoisotopic (exact) mass is 478 g/mol. The number of aliphatic carboxylic acids is 1. The topological polar surface area (TPSA) is 105 Å². The standard InChI is InChI=1S/C27H30N2O6/c1-17(12-24(30)29-13-18-14-34-11-10-27(18,16-29)25(31)32)28-26(33)35-15-23-21-8-4-2-6-19(21)20-7-3-5-9-22(20)23/h2-9,17-18,23H,10-16H2,1H3,(H,28,33)(H,31,32)/t17?,18-,27+/m0/s1. The third kappa shape index (κ3) is 4.27. The van der Waals surface area contributed by atoms with Gasteiger partial charge in [-0.15, -0.1) is 0 Å². The predicted molar refractivity (Wildman–Crippen MR) is 128 cm³/mol. The highest BCUT2D eigenvalue weighted by Crippen LogP contribution is 2.45. The molecule has 35 heavy (non-hydrogen) atoms. The van der Waals surface area contributed by atoms with E-state index in [9.17, 15) is 19.5 Å². The Morgan fingerprint density at radius 3 is 2.43 bits per heavy atom. The molecule has 0 saturated carbocycles. The molecule has 0 aromatic heterocycles. The van der Waals surface area contributed by atoms with Crippen molar-refractivity contribution in [3.05, 3.63) is 59.7 Å². The highest BCUT2D eigenvalue weighted by atomic mass is 16.5. The van der Waals surface area contributed by atoms with Gasteiger partial charge in [-0.3, -0.25) is 9.59 Å². The summed E-state index contributed by atoms with van der Waals surface area (Å²) in [6.07, 6.45) is -0.0877. The zero-order valence-electron chi connectivity index (χ0n) is 19.7. The molecule has 2 saturated heterocycles. The second-order valence-corrected chi connectivity index (χ2v) is 9.83. The summed E-state index contributed by atoms with van der Waals surface area (Å²) in [5, 5.41) is 12.6. The first-order chi connectivity index (χ1) is 16.9. The zero-order chi connectivity index (χ0) is 24.6. The van der Waals surface area contributed by atoms with Crippen LogP contribution in [-0.4, -0.2) is 66.9 Å². The highest BCUT2D eigenvalue weighted by Gasteiger charge is 2.54. The Kier molecular flexibility index (Phi) is 6.23. The van der Waals surface area contributed by atoms with E-state index in [-0.39, 0.29) is 37.3 Å². The Balaban J connectivity index is 1.15. The van der Waals surface area contributed by atoms with Crippen LogP contribution in [0.25, 0.3) is 11.1 Å². The van der Waals surface area contributed by atoms with Gasteiger partial charge < -0.3 is 24.8 Å². The van der Waals surface area contributed by atoms with Gasteiger partial charge in [0, 0.05) is 44.0 Å². The number of benzene rings is 2. The van der Waals surface area contributed by atoms with Gasteiger partial charge >= 0.3 is 12.1 Å². The number of hydrogen-bond donors (Lipinski definition) is 2. The Morgan fingerprint density at radius 2 is 1.80 bits per heavy atom. The average molecular weight is 479 g/mol. The van der Waals surface area contributed by atoms with E-state index in [0.29, 0.717) is 26.2 Å². The van der Waals surface area contributed by atoms with E-state index in [0.717, 1.165) is 22.3 Å². The molecule has 2 N–H and O–H groups in total. The molecule has 184 valence electrons. The molecule has 1 unspecified atom stereocenters. The second-order valence-electron chi connectivity index (χ2n) is 9.83. The highest BCUT2D eigenvalue weighted by molar-refractivity contribution is 5.82. The summed E-state index contributed by atoms with van der Waals surface area (Å²) in [6.45, 7) is 3.25. The SMILES string of the molecule is CC(CC(=O)N1C[C@H]2COCC[C@@]2(C(=O)O)C1)NC(=O)OCC1c2ccccc2-c2ccccc21. The number of carboxylic acids is 1. The molecule has 2 aliphatic heterocycles. The predicted octanol–water partition coefficient (Wildman–Crippen LogP) is 3.25. The summed E-state index contributed by atoms with van der Waals surface area (Å²) >= 11 is 0. The van der Waals surface area contributed by atoms with Crippen molar-refractivity contribution in [3.63, 3.8) is 0 Å². The number of fused-ring (bicyclic) bond motifs is 4. The van der Waals surface area contributed by atoms with Crippen molar-refractivity contribution in [2.45, 2.75) is 31.7 Å². The summed E-state index contributed by atoms with van der Waals surface area (Å²) < 4.78 is 11.0. The van der Waals surface area contributed by atoms with E-state index >= 15 is 0 Å². The molecule has 0 radical (unpaired) electrons. The number of carbonyl (C=O) groups excluding carboxylic acids is 2. The van der Waals surface area contributed by atoms with Gasteiger partial charge in [0.05, 0.1) is 12.0 Å². The number of amides is 2. The first-order valence-electron chi connectivity index (χ1n) is 12.1. The van der Waals surface area contributed by atoms with Crippen LogP contribution in [0.3, 0.4) is 0 Å². The largest absolute Gasteiger partial charge is 0.481 e. The minimum Gasteiger partial charge on any atom is -0.481 e. The number of likely N-dealkylation sites (tertiary alicyclic amines) is 1. The van der Waals surface area contributed by atoms with Gasteiger partial charge in [-0.1, -0.05) is 48.5 Å². The lowest BCUT2D eigenvalue weighted by molar-refractivity contribution is -0.157. The molecule has 8 heteroatoms. The summed E-state index contributed by atoms with van der Waals surface area (Å²) in [7, 11) is 0. The van der Waals surface area contributed by atoms with Crippen molar-refractivity contribution in [2.75, 3.05) is 32.9 Å². The van der Waals surface area contributed by atoms with Crippen LogP contribution in [0.1, 0.15) is 36.8 Å². The lowest BCUT2D eigenvalue weighted by Crippen LogP contribution is -2.45. The molecule has 1 aliphatic carbocycles. The molecule has 3 aliphatic rings. The van der Waals surface area contributed by atoms with Crippen LogP contribution in [0.4, 0.5) is 4.79 Å². The quantitative estimate of drug-likeness (QED) is 0.660. The molecule has 5 rings (SSSR count). The minimum absolute atomic E-state index is 0.0348. The number of carbonyl (C=O) groups is 3. The molecule has 2 aromatic rings. The Labute approximate surface area is 204 Å². The average Bonchev–Trinajstić information content (AvgIpc) is 3.40. The van der Waals surface area contributed by atoms with Crippen LogP contribution in [-0.2, 0) is 19.1 Å². The lowest BCUT2D eigenvalue weighted by atomic mass is 9.74. The van der Waals surface area contributed by atoms with Crippen LogP contribution < -0.4 is 5.32 Å². The van der Waals surface area contributed by atoms with E-state index in [2.05, 4.69) is 29.6 Å². The van der Waals surface area contributed by atoms with Crippen LogP contribution in [0.5, 0.6) is 0 Å². The maximum Gasteiger partial charge on any atom is 0.407 e. The molecule has 8 nitrogen and oxygen atoms in total. The molecule has 0 spiro atoms. The normalized spacial score (nSPS) is 23.7. The first-order valence-corrected chi connectivity index (χ1v) is 12.1. The number of ether oxygens (including phenoxy) is 2. The van der Waals surface area contributed by atoms with Gasteiger partial charge in [-0.05, 0) is 35.6 Å². The Hall–Kier alpha value is -3.39. The van der Waals surface area contributed by atoms with Crippen molar-refractivity contribution in [1.82, 2.24) is 10.2 Å². The number of nitrogens with one attached hydrogen (secondary N) is 1. The first kappa shape index (κ1) is 23.4. The van der Waals surface area contributed by atoms with E-state index in [4.69, 9.17) is 9.47 Å². The number of nitrogens with zero attached hydrogens (tertiary/aromatic N) is 1. The zero-order valence-corrected chi connectivity index (χ0v) is 19.7. The summed E-state index contributed by atoms with van der Waals surface area (Å²) in [4.78, 5) is 39.0. The third-order valence-electron chi connectivity index (χ3n) is 7.67. The molecule has 0 bridgehead atoms. The number of rotatable bonds is 6. The second kappa shape index (κ2) is 9.34. The van der Waals surface area contributed by atoms with Gasteiger partial charge in [0.1, 0.15) is 6.61 Å². The van der Waals surface area contributed by atoms with Crippen LogP contribution in [0.2, 0.25) is 0 Å². The van der Waals surface area contributed by atoms with Crippen molar-refractivity contribution in [2.24, 2.45) is 11.3 Å². The van der Waals surface area contributed by atoms with Gasteiger partial charge in [0.25, 0.3) is 0 Å². The van der Waals surface area contributed by atoms with Crippen molar-refractivity contribution >= 4 is 18.0 Å². The fraction of sp³-hybridized carbons (Fsp3) is 0.444. The number of carboxylic acid groups (broad SMARTS) is 1. The summed E-state index contributed by atoms with van der Waals surface area (Å²) in [5.41, 5.74) is 3.66. The summed E-state index contributed by atoms with van der Waals surface area (Å²) in [6, 6.07) is 15.8. The van der Waals surface area contributed by atoms with Crippen LogP contribution in [0.15, 0.2) is 48.5 Å². The number of hydrogen-bond acceptors (Lipinski definition) is 5. The molecule has 3 atom stereocenters. The molecule has 2 aromatic carbocycles. The molecule has 2 amide bonds. The smallest absolute Gasteiger partial charge is 0.407 e. The lowest BCUT2D eigenvalue weighted by Gasteiger charge is -2.33.